The van der Waals surface area contributed by atoms with Crippen LogP contribution in [0.4, 0.5) is 5.69 Å². The van der Waals surface area contributed by atoms with E-state index in [1.165, 1.54) is 12.5 Å². The van der Waals surface area contributed by atoms with E-state index in [-0.39, 0.29) is 33.8 Å². The Kier molecular flexibility index (Phi) is 8.08. The highest BCUT2D eigenvalue weighted by Crippen LogP contribution is 2.68. The van der Waals surface area contributed by atoms with Crippen LogP contribution in [0, 0.1) is 46.3 Å². The summed E-state index contributed by atoms with van der Waals surface area (Å²) in [6, 6.07) is 4.52. The molecule has 5 rings (SSSR count). The van der Waals surface area contributed by atoms with Crippen molar-refractivity contribution in [1.82, 2.24) is 0 Å². The largest absolute Gasteiger partial charge is 0.393 e. The number of nitrogens with two attached hydrogens (primary N) is 1. The molecule has 4 aliphatic rings. The van der Waals surface area contributed by atoms with Gasteiger partial charge in [0.15, 0.2) is 0 Å². The fraction of sp³-hybridized carbons (Fsp3) is 0.767. The number of carbonyl (C=O) groups excluding carboxylic acids is 1. The zero-order valence-electron chi connectivity index (χ0n) is 23.4. The number of sulfonamides is 1. The molecular weight excluding hydrogens is 580 g/mol. The summed E-state index contributed by atoms with van der Waals surface area (Å²) in [4.78, 5) is 12.8. The van der Waals surface area contributed by atoms with Crippen molar-refractivity contribution in [3.8, 4) is 0 Å². The molecule has 0 bridgehead atoms. The van der Waals surface area contributed by atoms with Gasteiger partial charge in [-0.1, -0.05) is 20.8 Å². The molecule has 7 nitrogen and oxygen atoms in total. The van der Waals surface area contributed by atoms with Gasteiger partial charge in [-0.05, 0) is 138 Å². The molecule has 39 heavy (non-hydrogen) atoms. The van der Waals surface area contributed by atoms with E-state index >= 15 is 0 Å². The maximum atomic E-state index is 12.8. The molecule has 0 heterocycles. The number of nitrogens with one attached hydrogen (secondary N) is 1. The van der Waals surface area contributed by atoms with Crippen LogP contribution < -0.4 is 10.5 Å². The summed E-state index contributed by atoms with van der Waals surface area (Å²) in [5, 5.41) is 29.9. The van der Waals surface area contributed by atoms with Gasteiger partial charge in [0, 0.05) is 16.6 Å². The van der Waals surface area contributed by atoms with Gasteiger partial charge in [-0.2, -0.15) is 0 Å². The van der Waals surface area contributed by atoms with Gasteiger partial charge >= 0.3 is 0 Å². The first-order valence-electron chi connectivity index (χ1n) is 14.7. The molecule has 1 aromatic carbocycles. The quantitative estimate of drug-likeness (QED) is 0.335. The third kappa shape index (κ3) is 5.36. The van der Waals surface area contributed by atoms with E-state index in [4.69, 9.17) is 5.14 Å². The highest BCUT2D eigenvalue weighted by atomic mass is 79.9. The predicted octanol–water partition coefficient (Wildman–Crippen LogP) is 5.44. The Morgan fingerprint density at radius 2 is 1.79 bits per heavy atom. The van der Waals surface area contributed by atoms with Gasteiger partial charge in [0.25, 0.3) is 0 Å². The Labute approximate surface area is 241 Å². The number of halogens is 1. The minimum atomic E-state index is -3.83. The number of hydrogen-bond acceptors (Lipinski definition) is 5. The zero-order valence-corrected chi connectivity index (χ0v) is 25.8. The summed E-state index contributed by atoms with van der Waals surface area (Å²) >= 11 is 3.23. The summed E-state index contributed by atoms with van der Waals surface area (Å²) in [6.45, 7) is 7.19. The lowest BCUT2D eigenvalue weighted by atomic mass is 9.43. The van der Waals surface area contributed by atoms with Crippen molar-refractivity contribution in [2.24, 2.45) is 51.5 Å². The molecular formula is C30H45BrN2O5S. The lowest BCUT2D eigenvalue weighted by Gasteiger charge is -2.62. The SMILES string of the molecule is C[C@H](CCC(=O)Nc1ccc(S(N)(=O)=O)c(Br)c1)[C@H]1CC[C@H]2[C@@H]3[C@@H](O)C[C@@H]4C[C@H](O)CC[C@]4(C)[C@H]3CC[C@]12C. The van der Waals surface area contributed by atoms with E-state index < -0.39 is 10.0 Å². The number of aliphatic hydroxyl groups excluding tert-OH is 2. The number of fused-ring (bicyclic) bond motifs is 5. The molecule has 10 atom stereocenters. The number of amides is 1. The van der Waals surface area contributed by atoms with E-state index in [1.54, 1.807) is 12.1 Å². The average molecular weight is 626 g/mol. The number of aliphatic hydroxyl groups is 2. The van der Waals surface area contributed by atoms with Crippen LogP contribution in [0.5, 0.6) is 0 Å². The fourth-order valence-corrected chi connectivity index (χ4v) is 11.4. The Morgan fingerprint density at radius 1 is 1.10 bits per heavy atom. The number of anilines is 1. The fourth-order valence-electron chi connectivity index (χ4n) is 9.77. The Balaban J connectivity index is 1.22. The van der Waals surface area contributed by atoms with Crippen molar-refractivity contribution in [2.75, 3.05) is 5.32 Å². The lowest BCUT2D eigenvalue weighted by molar-refractivity contribution is -0.174. The second kappa shape index (κ2) is 10.7. The highest BCUT2D eigenvalue weighted by molar-refractivity contribution is 9.10. The second-order valence-electron chi connectivity index (χ2n) is 13.7. The molecule has 9 heteroatoms. The highest BCUT2D eigenvalue weighted by Gasteiger charge is 2.62. The van der Waals surface area contributed by atoms with Gasteiger partial charge in [0.05, 0.1) is 17.1 Å². The molecule has 4 aliphatic carbocycles. The lowest BCUT2D eigenvalue weighted by Crippen LogP contribution is -2.58. The predicted molar refractivity (Wildman–Crippen MR) is 155 cm³/mol. The summed E-state index contributed by atoms with van der Waals surface area (Å²) in [6.07, 6.45) is 9.00. The minimum absolute atomic E-state index is 0.0125. The molecule has 0 unspecified atom stereocenters. The van der Waals surface area contributed by atoms with Crippen LogP contribution in [-0.4, -0.2) is 36.7 Å². The topological polar surface area (TPSA) is 130 Å². The third-order valence-electron chi connectivity index (χ3n) is 11.8. The van der Waals surface area contributed by atoms with E-state index in [0.717, 1.165) is 51.4 Å². The van der Waals surface area contributed by atoms with Crippen molar-refractivity contribution in [2.45, 2.75) is 102 Å². The van der Waals surface area contributed by atoms with Crippen molar-refractivity contribution in [1.29, 1.82) is 0 Å². The molecule has 4 fully saturated rings. The molecule has 0 spiro atoms. The summed E-state index contributed by atoms with van der Waals surface area (Å²) < 4.78 is 23.6. The van der Waals surface area contributed by atoms with Crippen LogP contribution in [0.25, 0.3) is 0 Å². The summed E-state index contributed by atoms with van der Waals surface area (Å²) in [5.74, 6) is 2.68. The summed E-state index contributed by atoms with van der Waals surface area (Å²) in [5.41, 5.74) is 0.948. The van der Waals surface area contributed by atoms with Crippen molar-refractivity contribution in [3.63, 3.8) is 0 Å². The monoisotopic (exact) mass is 624 g/mol. The van der Waals surface area contributed by atoms with Gasteiger partial charge in [-0.25, -0.2) is 13.6 Å². The zero-order chi connectivity index (χ0) is 28.3. The molecule has 0 aliphatic heterocycles. The van der Waals surface area contributed by atoms with Gasteiger partial charge in [0.2, 0.25) is 15.9 Å². The van der Waals surface area contributed by atoms with Gasteiger partial charge < -0.3 is 15.5 Å². The average Bonchev–Trinajstić information content (AvgIpc) is 3.20. The minimum Gasteiger partial charge on any atom is -0.393 e. The number of rotatable bonds is 6. The van der Waals surface area contributed by atoms with Crippen LogP contribution in [0.3, 0.4) is 0 Å². The molecule has 1 amide bonds. The van der Waals surface area contributed by atoms with E-state index in [9.17, 15) is 23.4 Å². The standard InChI is InChI=1S/C30H45BrN2O5S/c1-17(4-9-27(36)33-19-5-8-26(24(31)16-19)39(32,37)38)21-6-7-22-28-23(11-13-30(21,22)3)29(2)12-10-20(34)14-18(29)15-25(28)35/h5,8,16-18,20-23,25,28,34-35H,4,6-7,9-15H2,1-3H3,(H,33,36)(H2,32,37,38)/t17-,18+,20-,21-,22+,23+,25+,28+,29+,30-/m1/s1. The van der Waals surface area contributed by atoms with Crippen molar-refractivity contribution < 1.29 is 23.4 Å². The van der Waals surface area contributed by atoms with Gasteiger partial charge in [0.1, 0.15) is 0 Å². The molecule has 0 aromatic heterocycles. The van der Waals surface area contributed by atoms with Crippen molar-refractivity contribution >= 4 is 37.5 Å². The molecule has 0 saturated heterocycles. The first-order valence-corrected chi connectivity index (χ1v) is 17.1. The Hall–Kier alpha value is -1.00. The van der Waals surface area contributed by atoms with Crippen LogP contribution in [-0.2, 0) is 14.8 Å². The first-order chi connectivity index (χ1) is 18.2. The van der Waals surface area contributed by atoms with Crippen molar-refractivity contribution in [3.05, 3.63) is 22.7 Å². The maximum Gasteiger partial charge on any atom is 0.239 e. The van der Waals surface area contributed by atoms with Crippen LogP contribution >= 0.6 is 15.9 Å². The molecule has 0 radical (unpaired) electrons. The van der Waals surface area contributed by atoms with E-state index in [2.05, 4.69) is 42.0 Å². The molecule has 5 N–H and O–H groups in total. The Morgan fingerprint density at radius 3 is 2.49 bits per heavy atom. The number of primary sulfonamides is 1. The molecule has 1 aromatic rings. The summed E-state index contributed by atoms with van der Waals surface area (Å²) in [7, 11) is -3.83. The van der Waals surface area contributed by atoms with Crippen LogP contribution in [0.1, 0.15) is 85.0 Å². The van der Waals surface area contributed by atoms with Gasteiger partial charge in [-0.15, -0.1) is 0 Å². The number of carbonyl (C=O) groups is 1. The van der Waals surface area contributed by atoms with E-state index in [0.29, 0.717) is 52.1 Å². The van der Waals surface area contributed by atoms with Crippen LogP contribution in [0.15, 0.2) is 27.6 Å². The second-order valence-corrected chi connectivity index (χ2v) is 16.1. The smallest absolute Gasteiger partial charge is 0.239 e. The normalized spacial score (nSPS) is 40.7. The van der Waals surface area contributed by atoms with Crippen LogP contribution in [0.2, 0.25) is 0 Å². The third-order valence-corrected chi connectivity index (χ3v) is 13.7. The molecule has 218 valence electrons. The number of benzene rings is 1. The van der Waals surface area contributed by atoms with Gasteiger partial charge in [-0.3, -0.25) is 4.79 Å². The number of hydrogen-bond donors (Lipinski definition) is 4. The maximum absolute atomic E-state index is 12.8. The Bertz CT molecular complexity index is 1210. The first kappa shape index (κ1) is 29.5. The molecule has 4 saturated carbocycles. The van der Waals surface area contributed by atoms with E-state index in [1.807, 2.05) is 0 Å².